The highest BCUT2D eigenvalue weighted by molar-refractivity contribution is 7.09. The number of rotatable bonds is 1. The Morgan fingerprint density at radius 2 is 1.58 bits per heavy atom. The summed E-state index contributed by atoms with van der Waals surface area (Å²) < 4.78 is 5.34. The average Bonchev–Trinajstić information content (AvgIpc) is 1.80. The van der Waals surface area contributed by atoms with Crippen LogP contribution in [0.4, 0.5) is 0 Å². The largest absolute Gasteiger partial charge is 0.362 e. The highest BCUT2D eigenvalue weighted by Gasteiger charge is 2.37. The highest BCUT2D eigenvalue weighted by atomic mass is 31.0. The van der Waals surface area contributed by atoms with Crippen LogP contribution < -0.4 is 5.32 Å². The molecule has 3 heteroatoms. The Bertz CT molecular complexity index is 152. The second-order valence-corrected chi connectivity index (χ2v) is 5.33. The van der Waals surface area contributed by atoms with Crippen molar-refractivity contribution in [3.63, 3.8) is 0 Å². The van der Waals surface area contributed by atoms with E-state index in [0.29, 0.717) is 6.10 Å². The molecule has 0 aromatic heterocycles. The average molecular weight is 189 g/mol. The summed E-state index contributed by atoms with van der Waals surface area (Å²) in [4.78, 5) is 0. The number of hydrogen-bond acceptors (Lipinski definition) is 2. The summed E-state index contributed by atoms with van der Waals surface area (Å²) in [6, 6.07) is 0. The van der Waals surface area contributed by atoms with Crippen LogP contribution in [0.25, 0.3) is 0 Å². The van der Waals surface area contributed by atoms with E-state index < -0.39 is 0 Å². The Balaban J connectivity index is 2.66. The lowest BCUT2D eigenvalue weighted by Gasteiger charge is -2.45. The highest BCUT2D eigenvalue weighted by Crippen LogP contribution is 2.30. The van der Waals surface area contributed by atoms with Crippen molar-refractivity contribution in [1.82, 2.24) is 5.32 Å². The summed E-state index contributed by atoms with van der Waals surface area (Å²) in [5.41, 5.74) is 0.395. The molecule has 1 heterocycles. The van der Waals surface area contributed by atoms with Crippen molar-refractivity contribution < 1.29 is 4.52 Å². The van der Waals surface area contributed by atoms with Crippen molar-refractivity contribution >= 4 is 9.47 Å². The summed E-state index contributed by atoms with van der Waals surface area (Å²) >= 11 is 0. The first kappa shape index (κ1) is 10.4. The Hall–Kier alpha value is 0.350. The van der Waals surface area contributed by atoms with Gasteiger partial charge in [-0.2, -0.15) is 0 Å². The molecule has 1 unspecified atom stereocenters. The molecular formula is C9H20NOP. The second kappa shape index (κ2) is 3.25. The molecule has 1 fully saturated rings. The summed E-state index contributed by atoms with van der Waals surface area (Å²) in [7, 11) is 2.38. The standard InChI is InChI=1S/C9H20NOP/c1-8(2)5-7(11-12)6-9(3,4)10-8/h7,10H,5-6,12H2,1-4H3. The molecule has 2 nitrogen and oxygen atoms in total. The monoisotopic (exact) mass is 189 g/mol. The van der Waals surface area contributed by atoms with Crippen molar-refractivity contribution in [2.24, 2.45) is 0 Å². The van der Waals surface area contributed by atoms with Crippen LogP contribution in [-0.2, 0) is 4.52 Å². The van der Waals surface area contributed by atoms with Gasteiger partial charge in [0.1, 0.15) is 0 Å². The molecule has 1 N–H and O–H groups in total. The van der Waals surface area contributed by atoms with Crippen LogP contribution >= 0.6 is 9.47 Å². The summed E-state index contributed by atoms with van der Waals surface area (Å²) in [5.74, 6) is 0. The van der Waals surface area contributed by atoms with Gasteiger partial charge in [-0.25, -0.2) is 0 Å². The lowest BCUT2D eigenvalue weighted by atomic mass is 9.81. The molecule has 72 valence electrons. The predicted molar refractivity (Wildman–Crippen MR) is 55.1 cm³/mol. The van der Waals surface area contributed by atoms with E-state index in [1.54, 1.807) is 0 Å². The Morgan fingerprint density at radius 3 is 1.92 bits per heavy atom. The van der Waals surface area contributed by atoms with Crippen LogP contribution in [0.15, 0.2) is 0 Å². The fourth-order valence-electron chi connectivity index (χ4n) is 2.32. The van der Waals surface area contributed by atoms with E-state index in [0.717, 1.165) is 12.8 Å². The van der Waals surface area contributed by atoms with Gasteiger partial charge in [-0.3, -0.25) is 0 Å². The summed E-state index contributed by atoms with van der Waals surface area (Å²) in [5, 5.41) is 3.61. The Morgan fingerprint density at radius 1 is 1.17 bits per heavy atom. The van der Waals surface area contributed by atoms with Crippen molar-refractivity contribution in [3.8, 4) is 0 Å². The molecule has 0 saturated carbocycles. The molecule has 0 aromatic carbocycles. The fourth-order valence-corrected chi connectivity index (χ4v) is 2.52. The zero-order valence-corrected chi connectivity index (χ0v) is 9.63. The van der Waals surface area contributed by atoms with Gasteiger partial charge < -0.3 is 9.84 Å². The minimum absolute atomic E-state index is 0.197. The van der Waals surface area contributed by atoms with E-state index in [2.05, 4.69) is 42.5 Å². The van der Waals surface area contributed by atoms with E-state index in [1.807, 2.05) is 0 Å². The third-order valence-electron chi connectivity index (χ3n) is 2.35. The van der Waals surface area contributed by atoms with Gasteiger partial charge in [0.2, 0.25) is 0 Å². The van der Waals surface area contributed by atoms with Crippen LogP contribution in [0, 0.1) is 0 Å². The molecule has 0 aromatic rings. The minimum Gasteiger partial charge on any atom is -0.362 e. The molecule has 12 heavy (non-hydrogen) atoms. The first-order valence-corrected chi connectivity index (χ1v) is 4.97. The van der Waals surface area contributed by atoms with E-state index in [1.165, 1.54) is 0 Å². The Kier molecular flexibility index (Phi) is 2.82. The second-order valence-electron chi connectivity index (χ2n) is 5.06. The molecule has 1 aliphatic rings. The molecule has 0 radical (unpaired) electrons. The van der Waals surface area contributed by atoms with E-state index >= 15 is 0 Å². The van der Waals surface area contributed by atoms with Crippen LogP contribution in [0.1, 0.15) is 40.5 Å². The SMILES string of the molecule is CC1(C)CC(OP)CC(C)(C)N1. The van der Waals surface area contributed by atoms with Crippen LogP contribution in [0.3, 0.4) is 0 Å². The molecule has 1 aliphatic heterocycles. The van der Waals surface area contributed by atoms with Crippen molar-refractivity contribution in [2.75, 3.05) is 0 Å². The molecule has 1 atom stereocenters. The molecule has 1 saturated heterocycles. The van der Waals surface area contributed by atoms with Gasteiger partial charge in [0.15, 0.2) is 0 Å². The van der Waals surface area contributed by atoms with Crippen LogP contribution in [0.5, 0.6) is 0 Å². The Labute approximate surface area is 77.7 Å². The molecule has 0 bridgehead atoms. The lowest BCUT2D eigenvalue weighted by Crippen LogP contribution is -2.59. The van der Waals surface area contributed by atoms with Gasteiger partial charge in [-0.05, 0) is 40.5 Å². The van der Waals surface area contributed by atoms with Gasteiger partial charge in [-0.15, -0.1) is 0 Å². The zero-order chi connectivity index (χ0) is 9.41. The van der Waals surface area contributed by atoms with Gasteiger partial charge in [0.05, 0.1) is 6.10 Å². The molecule has 0 aliphatic carbocycles. The maximum absolute atomic E-state index is 5.34. The van der Waals surface area contributed by atoms with E-state index in [9.17, 15) is 0 Å². The maximum atomic E-state index is 5.34. The molecule has 0 spiro atoms. The smallest absolute Gasteiger partial charge is 0.0645 e. The summed E-state index contributed by atoms with van der Waals surface area (Å²) in [6.07, 6.45) is 2.54. The molecule has 1 rings (SSSR count). The van der Waals surface area contributed by atoms with Gasteiger partial charge in [0, 0.05) is 20.5 Å². The van der Waals surface area contributed by atoms with Crippen LogP contribution in [0.2, 0.25) is 0 Å². The number of piperidine rings is 1. The number of nitrogens with one attached hydrogen (secondary N) is 1. The molecular weight excluding hydrogens is 169 g/mol. The summed E-state index contributed by atoms with van der Waals surface area (Å²) in [6.45, 7) is 8.91. The first-order valence-electron chi connectivity index (χ1n) is 4.50. The third kappa shape index (κ3) is 2.69. The van der Waals surface area contributed by atoms with Crippen molar-refractivity contribution in [1.29, 1.82) is 0 Å². The van der Waals surface area contributed by atoms with Crippen LogP contribution in [-0.4, -0.2) is 17.2 Å². The number of hydrogen-bond donors (Lipinski definition) is 1. The fraction of sp³-hybridized carbons (Fsp3) is 1.00. The maximum Gasteiger partial charge on any atom is 0.0645 e. The van der Waals surface area contributed by atoms with Gasteiger partial charge >= 0.3 is 0 Å². The quantitative estimate of drug-likeness (QED) is 0.638. The zero-order valence-electron chi connectivity index (χ0n) is 8.48. The van der Waals surface area contributed by atoms with Crippen molar-refractivity contribution in [2.45, 2.75) is 57.7 Å². The van der Waals surface area contributed by atoms with E-state index in [-0.39, 0.29) is 11.1 Å². The minimum atomic E-state index is 0.197. The predicted octanol–water partition coefficient (Wildman–Crippen LogP) is 2.10. The third-order valence-corrected chi connectivity index (χ3v) is 2.73. The van der Waals surface area contributed by atoms with E-state index in [4.69, 9.17) is 4.52 Å². The van der Waals surface area contributed by atoms with Gasteiger partial charge in [0.25, 0.3) is 0 Å². The first-order chi connectivity index (χ1) is 5.35. The normalized spacial score (nSPS) is 28.8. The molecule has 0 amide bonds. The topological polar surface area (TPSA) is 21.3 Å². The van der Waals surface area contributed by atoms with Crippen molar-refractivity contribution in [3.05, 3.63) is 0 Å². The van der Waals surface area contributed by atoms with Gasteiger partial charge in [-0.1, -0.05) is 0 Å². The lowest BCUT2D eigenvalue weighted by molar-refractivity contribution is 0.0686.